The molecule has 0 bridgehead atoms. The monoisotopic (exact) mass is 384 g/mol. The van der Waals surface area contributed by atoms with E-state index in [1.54, 1.807) is 42.5 Å². The maximum Gasteiger partial charge on any atom is 0.273 e. The van der Waals surface area contributed by atoms with Crippen molar-refractivity contribution < 1.29 is 18.4 Å². The number of rotatable bonds is 6. The molecular weight excluding hydrogens is 368 g/mol. The number of sulfonamides is 1. The lowest BCUT2D eigenvalue weighted by Crippen LogP contribution is -2.27. The van der Waals surface area contributed by atoms with Crippen LogP contribution < -0.4 is 4.31 Å². The lowest BCUT2D eigenvalue weighted by Gasteiger charge is -2.24. The van der Waals surface area contributed by atoms with E-state index >= 15 is 0 Å². The summed E-state index contributed by atoms with van der Waals surface area (Å²) in [6.45, 7) is 0. The average molecular weight is 384 g/mol. The Bertz CT molecular complexity index is 1070. The van der Waals surface area contributed by atoms with Crippen LogP contribution in [0.1, 0.15) is 5.56 Å². The zero-order valence-electron chi connectivity index (χ0n) is 14.1. The topological polar surface area (TPSA) is 101 Å². The first-order chi connectivity index (χ1) is 12.9. The van der Waals surface area contributed by atoms with Crippen molar-refractivity contribution in [3.05, 3.63) is 94.5 Å². The molecule has 7 nitrogen and oxygen atoms in total. The predicted octanol–water partition coefficient (Wildman–Crippen LogP) is 3.97. The van der Waals surface area contributed by atoms with Gasteiger partial charge in [-0.15, -0.1) is 0 Å². The maximum atomic E-state index is 13.2. The molecular formula is C19H16N2O5S. The summed E-state index contributed by atoms with van der Waals surface area (Å²) in [4.78, 5) is 10.6. The summed E-state index contributed by atoms with van der Waals surface area (Å²) in [6.07, 6.45) is 0. The Kier molecular flexibility index (Phi) is 5.09. The Morgan fingerprint density at radius 1 is 0.889 bits per heavy atom. The summed E-state index contributed by atoms with van der Waals surface area (Å²) < 4.78 is 27.5. The van der Waals surface area contributed by atoms with Crippen LogP contribution in [-0.2, 0) is 15.8 Å². The second kappa shape index (κ2) is 7.46. The summed E-state index contributed by atoms with van der Waals surface area (Å²) in [7, 11) is -4.04. The Balaban J connectivity index is 2.11. The van der Waals surface area contributed by atoms with E-state index in [0.717, 1.165) is 4.31 Å². The molecule has 0 radical (unpaired) electrons. The van der Waals surface area contributed by atoms with E-state index in [-0.39, 0.29) is 22.7 Å². The molecule has 0 fully saturated rings. The second-order valence-corrected chi connectivity index (χ2v) is 7.58. The molecule has 0 spiro atoms. The number of phenolic OH excluding ortho intramolecular Hbond substituents is 1. The third-order valence-electron chi connectivity index (χ3n) is 3.86. The van der Waals surface area contributed by atoms with Gasteiger partial charge in [0.25, 0.3) is 5.69 Å². The average Bonchev–Trinajstić information content (AvgIpc) is 2.62. The first-order valence-electron chi connectivity index (χ1n) is 7.98. The van der Waals surface area contributed by atoms with Gasteiger partial charge in [-0.05, 0) is 24.3 Å². The van der Waals surface area contributed by atoms with E-state index in [1.165, 1.54) is 36.4 Å². The highest BCUT2D eigenvalue weighted by molar-refractivity contribution is 7.92. The predicted molar refractivity (Wildman–Crippen MR) is 102 cm³/mol. The lowest BCUT2D eigenvalue weighted by atomic mass is 10.2. The molecule has 0 aliphatic heterocycles. The number of nitrogens with zero attached hydrogens (tertiary/aromatic N) is 2. The Hall–Kier alpha value is -3.39. The minimum absolute atomic E-state index is 0.0867. The Labute approximate surface area is 156 Å². The fraction of sp³-hybridized carbons (Fsp3) is 0.0526. The van der Waals surface area contributed by atoms with Gasteiger partial charge in [-0.1, -0.05) is 42.5 Å². The quantitative estimate of drug-likeness (QED) is 0.512. The minimum Gasteiger partial charge on any atom is -0.508 e. The number of hydrogen-bond acceptors (Lipinski definition) is 5. The van der Waals surface area contributed by atoms with Crippen LogP contribution in [-0.4, -0.2) is 18.4 Å². The number of benzene rings is 3. The lowest BCUT2D eigenvalue weighted by molar-refractivity contribution is -0.385. The van der Waals surface area contributed by atoms with Crippen LogP contribution in [0.25, 0.3) is 0 Å². The van der Waals surface area contributed by atoms with Crippen LogP contribution in [0, 0.1) is 10.1 Å². The van der Waals surface area contributed by atoms with Crippen molar-refractivity contribution in [2.75, 3.05) is 4.31 Å². The van der Waals surface area contributed by atoms with Crippen molar-refractivity contribution in [2.45, 2.75) is 5.75 Å². The fourth-order valence-electron chi connectivity index (χ4n) is 2.73. The van der Waals surface area contributed by atoms with Gasteiger partial charge in [0.2, 0.25) is 10.0 Å². The van der Waals surface area contributed by atoms with Crippen LogP contribution in [0.3, 0.4) is 0 Å². The molecule has 0 saturated heterocycles. The number of nitro benzene ring substituents is 1. The third kappa shape index (κ3) is 4.06. The van der Waals surface area contributed by atoms with Crippen LogP contribution >= 0.6 is 0 Å². The Morgan fingerprint density at radius 2 is 1.52 bits per heavy atom. The number of aromatic hydroxyl groups is 1. The summed E-state index contributed by atoms with van der Waals surface area (Å²) >= 11 is 0. The standard InChI is InChI=1S/C19H16N2O5S/c22-18-11-6-10-17(13-18)20(16-8-2-1-3-9-16)27(25,26)14-15-7-4-5-12-19(15)21(23)24/h1-13,22H,14H2. The first-order valence-corrected chi connectivity index (χ1v) is 9.59. The van der Waals surface area contributed by atoms with Crippen molar-refractivity contribution in [1.29, 1.82) is 0 Å². The number of anilines is 2. The van der Waals surface area contributed by atoms with Gasteiger partial charge in [-0.3, -0.25) is 10.1 Å². The summed E-state index contributed by atoms with van der Waals surface area (Å²) in [6, 6.07) is 19.9. The van der Waals surface area contributed by atoms with Crippen LogP contribution in [0.15, 0.2) is 78.9 Å². The second-order valence-electron chi connectivity index (χ2n) is 5.76. The molecule has 0 saturated carbocycles. The van der Waals surface area contributed by atoms with E-state index in [2.05, 4.69) is 0 Å². The highest BCUT2D eigenvalue weighted by atomic mass is 32.2. The highest BCUT2D eigenvalue weighted by Gasteiger charge is 2.28. The van der Waals surface area contributed by atoms with Crippen molar-refractivity contribution >= 4 is 27.1 Å². The molecule has 0 heterocycles. The zero-order valence-corrected chi connectivity index (χ0v) is 14.9. The molecule has 3 rings (SSSR count). The van der Waals surface area contributed by atoms with Gasteiger partial charge in [0.15, 0.2) is 0 Å². The highest BCUT2D eigenvalue weighted by Crippen LogP contribution is 2.33. The molecule has 27 heavy (non-hydrogen) atoms. The van der Waals surface area contributed by atoms with E-state index < -0.39 is 20.7 Å². The van der Waals surface area contributed by atoms with Crippen molar-refractivity contribution in [3.63, 3.8) is 0 Å². The normalized spacial score (nSPS) is 11.1. The van der Waals surface area contributed by atoms with Gasteiger partial charge < -0.3 is 5.11 Å². The SMILES string of the molecule is O=[N+]([O-])c1ccccc1CS(=O)(=O)N(c1ccccc1)c1cccc(O)c1. The van der Waals surface area contributed by atoms with Crippen LogP contribution in [0.4, 0.5) is 17.1 Å². The molecule has 3 aromatic rings. The number of hydrogen-bond donors (Lipinski definition) is 1. The van der Waals surface area contributed by atoms with E-state index in [4.69, 9.17) is 0 Å². The van der Waals surface area contributed by atoms with Gasteiger partial charge in [0.1, 0.15) is 11.5 Å². The van der Waals surface area contributed by atoms with Crippen LogP contribution in [0.5, 0.6) is 5.75 Å². The summed E-state index contributed by atoms with van der Waals surface area (Å²) in [5, 5.41) is 21.0. The molecule has 0 atom stereocenters. The first kappa shape index (κ1) is 18.4. The van der Waals surface area contributed by atoms with Crippen molar-refractivity contribution in [1.82, 2.24) is 0 Å². The fourth-order valence-corrected chi connectivity index (χ4v) is 4.37. The third-order valence-corrected chi connectivity index (χ3v) is 5.51. The van der Waals surface area contributed by atoms with E-state index in [9.17, 15) is 23.6 Å². The van der Waals surface area contributed by atoms with Gasteiger partial charge >= 0.3 is 0 Å². The van der Waals surface area contributed by atoms with Crippen molar-refractivity contribution in [2.24, 2.45) is 0 Å². The molecule has 8 heteroatoms. The van der Waals surface area contributed by atoms with Crippen molar-refractivity contribution in [3.8, 4) is 5.75 Å². The molecule has 3 aromatic carbocycles. The molecule has 138 valence electrons. The zero-order chi connectivity index (χ0) is 19.4. The van der Waals surface area contributed by atoms with E-state index in [0.29, 0.717) is 5.69 Å². The molecule has 1 N–H and O–H groups in total. The molecule has 0 unspecified atom stereocenters. The molecule has 0 amide bonds. The van der Waals surface area contributed by atoms with Gasteiger partial charge in [0, 0.05) is 17.7 Å². The maximum absolute atomic E-state index is 13.2. The summed E-state index contributed by atoms with van der Waals surface area (Å²) in [5.41, 5.74) is 0.426. The smallest absolute Gasteiger partial charge is 0.273 e. The van der Waals surface area contributed by atoms with Gasteiger partial charge in [-0.2, -0.15) is 0 Å². The molecule has 0 aliphatic carbocycles. The van der Waals surface area contributed by atoms with Gasteiger partial charge in [0.05, 0.1) is 16.3 Å². The van der Waals surface area contributed by atoms with Gasteiger partial charge in [-0.25, -0.2) is 12.7 Å². The number of phenols is 1. The number of para-hydroxylation sites is 2. The minimum atomic E-state index is -4.04. The molecule has 0 aliphatic rings. The molecule has 0 aromatic heterocycles. The van der Waals surface area contributed by atoms with E-state index in [1.807, 2.05) is 0 Å². The largest absolute Gasteiger partial charge is 0.508 e. The summed E-state index contributed by atoms with van der Waals surface area (Å²) in [5.74, 6) is -0.649. The number of nitro groups is 1. The van der Waals surface area contributed by atoms with Crippen LogP contribution in [0.2, 0.25) is 0 Å². The Morgan fingerprint density at radius 3 is 2.19 bits per heavy atom.